The van der Waals surface area contributed by atoms with Gasteiger partial charge in [0.1, 0.15) is 5.75 Å². The van der Waals surface area contributed by atoms with E-state index in [0.717, 1.165) is 24.4 Å². The van der Waals surface area contributed by atoms with E-state index in [2.05, 4.69) is 10.6 Å². The number of amides is 1. The molecule has 2 aliphatic rings. The van der Waals surface area contributed by atoms with Crippen LogP contribution in [0.4, 0.5) is 0 Å². The fraction of sp³-hybridized carbons (Fsp3) is 0.588. The fourth-order valence-electron chi connectivity index (χ4n) is 2.87. The van der Waals surface area contributed by atoms with Crippen molar-refractivity contribution in [3.05, 3.63) is 29.8 Å². The first-order valence-electron chi connectivity index (χ1n) is 8.05. The molecule has 1 amide bonds. The van der Waals surface area contributed by atoms with E-state index in [0.29, 0.717) is 12.6 Å². The molecule has 3 rings (SSSR count). The number of benzene rings is 1. The lowest BCUT2D eigenvalue weighted by Gasteiger charge is -2.25. The molecule has 1 heterocycles. The van der Waals surface area contributed by atoms with E-state index in [9.17, 15) is 4.79 Å². The molecule has 4 nitrogen and oxygen atoms in total. The molecule has 0 unspecified atom stereocenters. The largest absolute Gasteiger partial charge is 0.490 e. The van der Waals surface area contributed by atoms with Crippen molar-refractivity contribution in [2.75, 3.05) is 13.1 Å². The van der Waals surface area contributed by atoms with E-state index in [4.69, 9.17) is 4.74 Å². The van der Waals surface area contributed by atoms with Crippen molar-refractivity contribution < 1.29 is 9.53 Å². The van der Waals surface area contributed by atoms with E-state index in [1.54, 1.807) is 0 Å². The Labute approximate surface area is 126 Å². The minimum absolute atomic E-state index is 0.149. The molecule has 2 N–H and O–H groups in total. The number of carbonyl (C=O) groups is 1. The second-order valence-corrected chi connectivity index (χ2v) is 6.09. The summed E-state index contributed by atoms with van der Waals surface area (Å²) in [6.07, 6.45) is 6.64. The van der Waals surface area contributed by atoms with Crippen LogP contribution in [0.2, 0.25) is 0 Å². The maximum atomic E-state index is 11.8. The van der Waals surface area contributed by atoms with Crippen LogP contribution < -0.4 is 15.4 Å². The highest BCUT2D eigenvalue weighted by Gasteiger charge is 2.24. The number of nitrogens with one attached hydrogen (secondary N) is 2. The normalized spacial score (nSPS) is 19.8. The molecule has 0 bridgehead atoms. The SMILES string of the molecule is O=C(NCc1ccc(OC2CCCCC2)cc1)C1CNC1. The Morgan fingerprint density at radius 2 is 1.86 bits per heavy atom. The average Bonchev–Trinajstić information content (AvgIpc) is 2.46. The first-order valence-corrected chi connectivity index (χ1v) is 8.05. The monoisotopic (exact) mass is 288 g/mol. The van der Waals surface area contributed by atoms with Gasteiger partial charge in [-0.2, -0.15) is 0 Å². The van der Waals surface area contributed by atoms with Crippen molar-refractivity contribution in [3.8, 4) is 5.75 Å². The molecule has 1 saturated carbocycles. The lowest BCUT2D eigenvalue weighted by molar-refractivity contribution is -0.126. The highest BCUT2D eigenvalue weighted by molar-refractivity contribution is 5.79. The fourth-order valence-corrected chi connectivity index (χ4v) is 2.87. The van der Waals surface area contributed by atoms with Crippen LogP contribution in [0.5, 0.6) is 5.75 Å². The molecule has 114 valence electrons. The van der Waals surface area contributed by atoms with Crippen LogP contribution in [0.3, 0.4) is 0 Å². The second kappa shape index (κ2) is 6.94. The van der Waals surface area contributed by atoms with E-state index in [1.807, 2.05) is 24.3 Å². The molecule has 1 saturated heterocycles. The maximum absolute atomic E-state index is 11.8. The van der Waals surface area contributed by atoms with Crippen molar-refractivity contribution in [1.82, 2.24) is 10.6 Å². The van der Waals surface area contributed by atoms with Gasteiger partial charge in [-0.1, -0.05) is 18.6 Å². The van der Waals surface area contributed by atoms with Gasteiger partial charge in [0.05, 0.1) is 12.0 Å². The third-order valence-corrected chi connectivity index (χ3v) is 4.40. The van der Waals surface area contributed by atoms with Crippen molar-refractivity contribution in [3.63, 3.8) is 0 Å². The van der Waals surface area contributed by atoms with E-state index in [-0.39, 0.29) is 11.8 Å². The quantitative estimate of drug-likeness (QED) is 0.873. The molecule has 0 spiro atoms. The van der Waals surface area contributed by atoms with Gasteiger partial charge in [0.2, 0.25) is 5.91 Å². The van der Waals surface area contributed by atoms with Gasteiger partial charge in [-0.25, -0.2) is 0 Å². The number of carbonyl (C=O) groups excluding carboxylic acids is 1. The molecule has 0 aromatic heterocycles. The second-order valence-electron chi connectivity index (χ2n) is 6.09. The zero-order chi connectivity index (χ0) is 14.5. The van der Waals surface area contributed by atoms with Crippen molar-refractivity contribution >= 4 is 5.91 Å². The lowest BCUT2D eigenvalue weighted by Crippen LogP contribution is -2.50. The topological polar surface area (TPSA) is 50.4 Å². The predicted octanol–water partition coefficient (Wildman–Crippen LogP) is 2.23. The highest BCUT2D eigenvalue weighted by Crippen LogP contribution is 2.23. The van der Waals surface area contributed by atoms with E-state index >= 15 is 0 Å². The maximum Gasteiger partial charge on any atom is 0.225 e. The Hall–Kier alpha value is -1.55. The third-order valence-electron chi connectivity index (χ3n) is 4.40. The van der Waals surface area contributed by atoms with Gasteiger partial charge < -0.3 is 15.4 Å². The van der Waals surface area contributed by atoms with Gasteiger partial charge in [0.25, 0.3) is 0 Å². The number of hydrogen-bond acceptors (Lipinski definition) is 3. The lowest BCUT2D eigenvalue weighted by atomic mass is 9.98. The van der Waals surface area contributed by atoms with Crippen LogP contribution in [0.25, 0.3) is 0 Å². The standard InChI is InChI=1S/C17H24N2O2/c20-17(14-11-18-12-14)19-10-13-6-8-16(9-7-13)21-15-4-2-1-3-5-15/h6-9,14-15,18H,1-5,10-12H2,(H,19,20). The van der Waals surface area contributed by atoms with Crippen molar-refractivity contribution in [2.24, 2.45) is 5.92 Å². The summed E-state index contributed by atoms with van der Waals surface area (Å²) in [6.45, 7) is 2.21. The van der Waals surface area contributed by atoms with Crippen molar-refractivity contribution in [1.29, 1.82) is 0 Å². The van der Waals surface area contributed by atoms with Gasteiger partial charge in [-0.3, -0.25) is 4.79 Å². The minimum Gasteiger partial charge on any atom is -0.490 e. The van der Waals surface area contributed by atoms with E-state index in [1.165, 1.54) is 32.1 Å². The number of ether oxygens (including phenoxy) is 1. The van der Waals surface area contributed by atoms with Gasteiger partial charge in [-0.05, 0) is 43.4 Å². The third kappa shape index (κ3) is 3.97. The van der Waals surface area contributed by atoms with Gasteiger partial charge in [0, 0.05) is 19.6 Å². The smallest absolute Gasteiger partial charge is 0.225 e. The Bertz CT molecular complexity index is 462. The van der Waals surface area contributed by atoms with E-state index < -0.39 is 0 Å². The highest BCUT2D eigenvalue weighted by atomic mass is 16.5. The molecule has 1 aromatic carbocycles. The van der Waals surface area contributed by atoms with Gasteiger partial charge >= 0.3 is 0 Å². The first kappa shape index (κ1) is 14.4. The Kier molecular flexibility index (Phi) is 4.76. The molecule has 1 aliphatic heterocycles. The Morgan fingerprint density at radius 3 is 2.48 bits per heavy atom. The number of hydrogen-bond donors (Lipinski definition) is 2. The summed E-state index contributed by atoms with van der Waals surface area (Å²) >= 11 is 0. The molecule has 21 heavy (non-hydrogen) atoms. The van der Waals surface area contributed by atoms with Crippen LogP contribution in [0.1, 0.15) is 37.7 Å². The first-order chi connectivity index (χ1) is 10.3. The predicted molar refractivity (Wildman–Crippen MR) is 82.1 cm³/mol. The summed E-state index contributed by atoms with van der Waals surface area (Å²) < 4.78 is 6.01. The van der Waals surface area contributed by atoms with Crippen LogP contribution in [-0.2, 0) is 11.3 Å². The summed E-state index contributed by atoms with van der Waals surface area (Å²) in [5, 5.41) is 6.09. The summed E-state index contributed by atoms with van der Waals surface area (Å²) in [7, 11) is 0. The van der Waals surface area contributed by atoms with Crippen LogP contribution in [0, 0.1) is 5.92 Å². The minimum atomic E-state index is 0.149. The van der Waals surface area contributed by atoms with Crippen LogP contribution in [0.15, 0.2) is 24.3 Å². The zero-order valence-electron chi connectivity index (χ0n) is 12.4. The molecule has 1 aliphatic carbocycles. The summed E-state index contributed by atoms with van der Waals surface area (Å²) in [4.78, 5) is 11.8. The molecule has 4 heteroatoms. The molecule has 2 fully saturated rings. The van der Waals surface area contributed by atoms with Gasteiger partial charge in [0.15, 0.2) is 0 Å². The summed E-state index contributed by atoms with van der Waals surface area (Å²) in [6, 6.07) is 8.11. The molecule has 0 radical (unpaired) electrons. The number of rotatable bonds is 5. The molecular formula is C17H24N2O2. The molecule has 1 aromatic rings. The Morgan fingerprint density at radius 1 is 1.14 bits per heavy atom. The average molecular weight is 288 g/mol. The summed E-state index contributed by atoms with van der Waals surface area (Å²) in [5.41, 5.74) is 1.12. The van der Waals surface area contributed by atoms with Crippen LogP contribution in [-0.4, -0.2) is 25.1 Å². The summed E-state index contributed by atoms with van der Waals surface area (Å²) in [5.74, 6) is 1.25. The molecule has 0 atom stereocenters. The Balaban J connectivity index is 1.45. The van der Waals surface area contributed by atoms with Crippen LogP contribution >= 0.6 is 0 Å². The van der Waals surface area contributed by atoms with Gasteiger partial charge in [-0.15, -0.1) is 0 Å². The molecular weight excluding hydrogens is 264 g/mol. The van der Waals surface area contributed by atoms with Crippen molar-refractivity contribution in [2.45, 2.75) is 44.8 Å². The zero-order valence-corrected chi connectivity index (χ0v) is 12.4.